The van der Waals surface area contributed by atoms with Crippen LogP contribution in [0.3, 0.4) is 0 Å². The van der Waals surface area contributed by atoms with Crippen LogP contribution in [-0.4, -0.2) is 48.8 Å². The molecule has 2 rings (SSSR count). The fraction of sp³-hybridized carbons (Fsp3) is 0.611. The molecule has 1 aromatic carbocycles. The number of piperidine rings is 1. The van der Waals surface area contributed by atoms with E-state index in [1.54, 1.807) is 0 Å². The number of benzene rings is 1. The van der Waals surface area contributed by atoms with Crippen molar-refractivity contribution in [2.45, 2.75) is 32.7 Å². The number of rotatable bonds is 8. The first-order chi connectivity index (χ1) is 11.2. The molecule has 128 valence electrons. The highest BCUT2D eigenvalue weighted by molar-refractivity contribution is 5.78. The van der Waals surface area contributed by atoms with Gasteiger partial charge in [0.2, 0.25) is 5.91 Å². The minimum Gasteiger partial charge on any atom is -0.494 e. The van der Waals surface area contributed by atoms with Gasteiger partial charge in [0.1, 0.15) is 5.75 Å². The van der Waals surface area contributed by atoms with E-state index in [-0.39, 0.29) is 12.5 Å². The zero-order valence-corrected chi connectivity index (χ0v) is 14.0. The van der Waals surface area contributed by atoms with Crippen LogP contribution in [0.15, 0.2) is 24.3 Å². The van der Waals surface area contributed by atoms with Crippen molar-refractivity contribution in [2.24, 2.45) is 5.92 Å². The number of carbonyl (C=O) groups is 1. The Morgan fingerprint density at radius 3 is 2.87 bits per heavy atom. The molecule has 1 aliphatic heterocycles. The number of nitrogens with zero attached hydrogens (tertiary/aromatic N) is 1. The SMILES string of the molecule is CCCOc1cccc(CNC(=O)CN2CCC(CO)CC2)c1. The van der Waals surface area contributed by atoms with Gasteiger partial charge < -0.3 is 15.2 Å². The van der Waals surface area contributed by atoms with Crippen LogP contribution in [0.25, 0.3) is 0 Å². The van der Waals surface area contributed by atoms with Gasteiger partial charge in [0.25, 0.3) is 0 Å². The second kappa shape index (κ2) is 9.53. The van der Waals surface area contributed by atoms with Gasteiger partial charge in [-0.15, -0.1) is 0 Å². The highest BCUT2D eigenvalue weighted by atomic mass is 16.5. The number of likely N-dealkylation sites (tertiary alicyclic amines) is 1. The minimum atomic E-state index is 0.0485. The maximum atomic E-state index is 12.1. The molecule has 1 amide bonds. The molecule has 1 saturated heterocycles. The summed E-state index contributed by atoms with van der Waals surface area (Å²) in [5.74, 6) is 1.30. The Labute approximate surface area is 138 Å². The summed E-state index contributed by atoms with van der Waals surface area (Å²) in [7, 11) is 0. The van der Waals surface area contributed by atoms with Crippen molar-refractivity contribution in [3.63, 3.8) is 0 Å². The minimum absolute atomic E-state index is 0.0485. The van der Waals surface area contributed by atoms with Gasteiger partial charge in [-0.1, -0.05) is 19.1 Å². The van der Waals surface area contributed by atoms with E-state index in [9.17, 15) is 4.79 Å². The second-order valence-corrected chi connectivity index (χ2v) is 6.17. The van der Waals surface area contributed by atoms with Crippen LogP contribution in [-0.2, 0) is 11.3 Å². The van der Waals surface area contributed by atoms with Gasteiger partial charge >= 0.3 is 0 Å². The number of ether oxygens (including phenoxy) is 1. The summed E-state index contributed by atoms with van der Waals surface area (Å²) in [6, 6.07) is 7.85. The van der Waals surface area contributed by atoms with Gasteiger partial charge in [-0.3, -0.25) is 9.69 Å². The zero-order valence-electron chi connectivity index (χ0n) is 14.0. The molecule has 0 spiro atoms. The summed E-state index contributed by atoms with van der Waals surface area (Å²) in [6.45, 7) is 5.78. The first-order valence-electron chi connectivity index (χ1n) is 8.53. The third-order valence-electron chi connectivity index (χ3n) is 4.19. The van der Waals surface area contributed by atoms with Crippen LogP contribution < -0.4 is 10.1 Å². The van der Waals surface area contributed by atoms with Crippen molar-refractivity contribution in [3.8, 4) is 5.75 Å². The average Bonchev–Trinajstić information content (AvgIpc) is 2.59. The molecule has 2 N–H and O–H groups in total. The van der Waals surface area contributed by atoms with E-state index in [0.717, 1.165) is 43.7 Å². The van der Waals surface area contributed by atoms with E-state index in [2.05, 4.69) is 17.1 Å². The smallest absolute Gasteiger partial charge is 0.234 e. The lowest BCUT2D eigenvalue weighted by Gasteiger charge is -2.30. The van der Waals surface area contributed by atoms with E-state index in [1.165, 1.54) is 0 Å². The van der Waals surface area contributed by atoms with Crippen molar-refractivity contribution >= 4 is 5.91 Å². The quantitative estimate of drug-likeness (QED) is 0.767. The zero-order chi connectivity index (χ0) is 16.5. The summed E-state index contributed by atoms with van der Waals surface area (Å²) < 4.78 is 5.60. The number of hydrogen-bond donors (Lipinski definition) is 2. The Balaban J connectivity index is 1.72. The first-order valence-corrected chi connectivity index (χ1v) is 8.53. The molecule has 0 atom stereocenters. The molecule has 0 radical (unpaired) electrons. The van der Waals surface area contributed by atoms with E-state index in [4.69, 9.17) is 9.84 Å². The van der Waals surface area contributed by atoms with Crippen LogP contribution in [0.4, 0.5) is 0 Å². The molecule has 0 bridgehead atoms. The largest absolute Gasteiger partial charge is 0.494 e. The lowest BCUT2D eigenvalue weighted by molar-refractivity contribution is -0.122. The fourth-order valence-corrected chi connectivity index (χ4v) is 2.75. The van der Waals surface area contributed by atoms with Crippen LogP contribution in [0.1, 0.15) is 31.7 Å². The average molecular weight is 320 g/mol. The standard InChI is InChI=1S/C18H28N2O3/c1-2-10-23-17-5-3-4-16(11-17)12-19-18(22)13-20-8-6-15(14-21)7-9-20/h3-5,11,15,21H,2,6-10,12-14H2,1H3,(H,19,22). The molecular weight excluding hydrogens is 292 g/mol. The second-order valence-electron chi connectivity index (χ2n) is 6.17. The third kappa shape index (κ3) is 6.20. The molecule has 5 nitrogen and oxygen atoms in total. The van der Waals surface area contributed by atoms with Gasteiger partial charge in [0.15, 0.2) is 0 Å². The Morgan fingerprint density at radius 2 is 2.17 bits per heavy atom. The molecule has 1 aromatic rings. The highest BCUT2D eigenvalue weighted by Gasteiger charge is 2.19. The molecule has 1 fully saturated rings. The number of nitrogens with one attached hydrogen (secondary N) is 1. The first kappa shape index (κ1) is 17.8. The van der Waals surface area contributed by atoms with E-state index in [0.29, 0.717) is 25.6 Å². The molecular formula is C18H28N2O3. The molecule has 5 heteroatoms. The fourth-order valence-electron chi connectivity index (χ4n) is 2.75. The highest BCUT2D eigenvalue weighted by Crippen LogP contribution is 2.16. The molecule has 0 aliphatic carbocycles. The lowest BCUT2D eigenvalue weighted by Crippen LogP contribution is -2.41. The summed E-state index contributed by atoms with van der Waals surface area (Å²) in [4.78, 5) is 14.2. The Kier molecular flexibility index (Phi) is 7.36. The summed E-state index contributed by atoms with van der Waals surface area (Å²) >= 11 is 0. The molecule has 0 unspecified atom stereocenters. The van der Waals surface area contributed by atoms with Crippen LogP contribution in [0, 0.1) is 5.92 Å². The normalized spacial score (nSPS) is 16.3. The molecule has 23 heavy (non-hydrogen) atoms. The maximum absolute atomic E-state index is 12.1. The van der Waals surface area contributed by atoms with Crippen LogP contribution in [0.2, 0.25) is 0 Å². The number of aliphatic hydroxyl groups excluding tert-OH is 1. The van der Waals surface area contributed by atoms with Crippen LogP contribution in [0.5, 0.6) is 5.75 Å². The molecule has 0 aromatic heterocycles. The number of aliphatic hydroxyl groups is 1. The lowest BCUT2D eigenvalue weighted by atomic mass is 9.98. The van der Waals surface area contributed by atoms with Crippen molar-refractivity contribution in [2.75, 3.05) is 32.8 Å². The summed E-state index contributed by atoms with van der Waals surface area (Å²) in [5.41, 5.74) is 1.05. The Hall–Kier alpha value is -1.59. The van der Waals surface area contributed by atoms with Gasteiger partial charge in [-0.2, -0.15) is 0 Å². The van der Waals surface area contributed by atoms with Crippen molar-refractivity contribution in [1.82, 2.24) is 10.2 Å². The Bertz CT molecular complexity index is 485. The third-order valence-corrected chi connectivity index (χ3v) is 4.19. The molecule has 1 heterocycles. The predicted octanol–water partition coefficient (Wildman–Crippen LogP) is 1.80. The topological polar surface area (TPSA) is 61.8 Å². The van der Waals surface area contributed by atoms with E-state index in [1.807, 2.05) is 24.3 Å². The van der Waals surface area contributed by atoms with E-state index >= 15 is 0 Å². The summed E-state index contributed by atoms with van der Waals surface area (Å²) in [6.07, 6.45) is 2.93. The monoisotopic (exact) mass is 320 g/mol. The number of hydrogen-bond acceptors (Lipinski definition) is 4. The number of carbonyl (C=O) groups excluding carboxylic acids is 1. The maximum Gasteiger partial charge on any atom is 0.234 e. The summed E-state index contributed by atoms with van der Waals surface area (Å²) in [5, 5.41) is 12.1. The Morgan fingerprint density at radius 1 is 1.39 bits per heavy atom. The van der Waals surface area contributed by atoms with Crippen molar-refractivity contribution in [1.29, 1.82) is 0 Å². The van der Waals surface area contributed by atoms with Gasteiger partial charge in [0.05, 0.1) is 13.2 Å². The molecule has 1 aliphatic rings. The van der Waals surface area contributed by atoms with Crippen molar-refractivity contribution < 1.29 is 14.6 Å². The predicted molar refractivity (Wildman–Crippen MR) is 90.3 cm³/mol. The van der Waals surface area contributed by atoms with E-state index < -0.39 is 0 Å². The van der Waals surface area contributed by atoms with Gasteiger partial charge in [-0.25, -0.2) is 0 Å². The van der Waals surface area contributed by atoms with Crippen molar-refractivity contribution in [3.05, 3.63) is 29.8 Å². The number of amides is 1. The van der Waals surface area contributed by atoms with Gasteiger partial charge in [-0.05, 0) is 56.0 Å². The van der Waals surface area contributed by atoms with Crippen LogP contribution >= 0.6 is 0 Å². The van der Waals surface area contributed by atoms with Gasteiger partial charge in [0, 0.05) is 13.2 Å². The molecule has 0 saturated carbocycles.